The molecule has 1 rings (SSSR count). The molecule has 1 aromatic rings. The minimum atomic E-state index is -4.70. The standard InChI is InChI=1S/C15H22F3NO2S.H2S/c1-5-6-13(19-22(20)14(2,3)4)11-7-9-12(10-8-11)21-15(16,17)18;/h7-10,13,19H,5-6H2,1-4H3;1H2/t13-,22?;/m1./s1. The first-order chi connectivity index (χ1) is 10.0. The van der Waals surface area contributed by atoms with E-state index in [0.29, 0.717) is 0 Å². The molecule has 1 N–H and O–H groups in total. The highest BCUT2D eigenvalue weighted by molar-refractivity contribution is 7.84. The number of alkyl halides is 3. The van der Waals surface area contributed by atoms with Gasteiger partial charge >= 0.3 is 6.36 Å². The van der Waals surface area contributed by atoms with Crippen molar-refractivity contribution in [1.29, 1.82) is 0 Å². The molecule has 0 aliphatic heterocycles. The van der Waals surface area contributed by atoms with Gasteiger partial charge in [-0.05, 0) is 44.9 Å². The van der Waals surface area contributed by atoms with Crippen LogP contribution < -0.4 is 9.46 Å². The Bertz CT molecular complexity index is 499. The summed E-state index contributed by atoms with van der Waals surface area (Å²) in [5, 5.41) is 0. The molecule has 0 saturated carbocycles. The molecule has 0 saturated heterocycles. The molecule has 0 aliphatic rings. The number of rotatable bonds is 6. The van der Waals surface area contributed by atoms with Gasteiger partial charge in [0, 0.05) is 6.04 Å². The van der Waals surface area contributed by atoms with Crippen LogP contribution >= 0.6 is 13.5 Å². The smallest absolute Gasteiger partial charge is 0.406 e. The molecule has 0 heterocycles. The van der Waals surface area contributed by atoms with Gasteiger partial charge in [-0.3, -0.25) is 0 Å². The van der Waals surface area contributed by atoms with Gasteiger partial charge in [0.25, 0.3) is 0 Å². The Morgan fingerprint density at radius 3 is 2.09 bits per heavy atom. The fourth-order valence-corrected chi connectivity index (χ4v) is 2.66. The third-order valence-corrected chi connectivity index (χ3v) is 4.51. The Morgan fingerprint density at radius 1 is 1.17 bits per heavy atom. The lowest BCUT2D eigenvalue weighted by atomic mass is 10.0. The van der Waals surface area contributed by atoms with Crippen molar-refractivity contribution in [2.75, 3.05) is 0 Å². The molecule has 23 heavy (non-hydrogen) atoms. The van der Waals surface area contributed by atoms with Crippen molar-refractivity contribution >= 4 is 24.5 Å². The minimum Gasteiger partial charge on any atom is -0.406 e. The summed E-state index contributed by atoms with van der Waals surface area (Å²) in [5.74, 6) is -0.261. The van der Waals surface area contributed by atoms with E-state index in [-0.39, 0.29) is 25.3 Å². The lowest BCUT2D eigenvalue weighted by molar-refractivity contribution is -0.274. The van der Waals surface area contributed by atoms with Crippen LogP contribution in [0.25, 0.3) is 0 Å². The van der Waals surface area contributed by atoms with Crippen molar-refractivity contribution in [2.45, 2.75) is 57.7 Å². The molecule has 0 fully saturated rings. The number of hydrogen-bond donors (Lipinski definition) is 1. The summed E-state index contributed by atoms with van der Waals surface area (Å²) in [4.78, 5) is 0. The van der Waals surface area contributed by atoms with Gasteiger partial charge in [-0.2, -0.15) is 13.5 Å². The second kappa shape index (κ2) is 8.94. The zero-order valence-corrected chi connectivity index (χ0v) is 15.5. The van der Waals surface area contributed by atoms with E-state index in [1.165, 1.54) is 12.1 Å². The summed E-state index contributed by atoms with van der Waals surface area (Å²) in [7, 11) is -1.25. The molecule has 2 atom stereocenters. The van der Waals surface area contributed by atoms with E-state index in [1.807, 2.05) is 27.7 Å². The van der Waals surface area contributed by atoms with Crippen LogP contribution in [0.2, 0.25) is 0 Å². The van der Waals surface area contributed by atoms with E-state index < -0.39 is 22.1 Å². The average Bonchev–Trinajstić information content (AvgIpc) is 2.36. The normalized spacial score (nSPS) is 14.7. The van der Waals surface area contributed by atoms with E-state index in [0.717, 1.165) is 18.4 Å². The molecule has 8 heteroatoms. The first kappa shape index (κ1) is 22.3. The van der Waals surface area contributed by atoms with Crippen molar-refractivity contribution < 1.29 is 22.1 Å². The van der Waals surface area contributed by atoms with Crippen LogP contribution in [0.3, 0.4) is 0 Å². The molecule has 3 nitrogen and oxygen atoms in total. The summed E-state index contributed by atoms with van der Waals surface area (Å²) in [6.07, 6.45) is -3.10. The predicted molar refractivity (Wildman–Crippen MR) is 92.2 cm³/mol. The SMILES string of the molecule is CCC[C@@H](NS(=O)C(C)(C)C)c1ccc(OC(F)(F)F)cc1.S. The Labute approximate surface area is 145 Å². The molecular weight excluding hydrogens is 347 g/mol. The summed E-state index contributed by atoms with van der Waals surface area (Å²) in [5.41, 5.74) is 0.786. The van der Waals surface area contributed by atoms with E-state index in [1.54, 1.807) is 12.1 Å². The van der Waals surface area contributed by atoms with Crippen LogP contribution in [0.15, 0.2) is 24.3 Å². The number of hydrogen-bond acceptors (Lipinski definition) is 2. The maximum Gasteiger partial charge on any atom is 0.573 e. The van der Waals surface area contributed by atoms with Gasteiger partial charge in [-0.15, -0.1) is 13.2 Å². The van der Waals surface area contributed by atoms with Crippen LogP contribution in [0, 0.1) is 0 Å². The zero-order valence-electron chi connectivity index (χ0n) is 13.7. The molecule has 0 amide bonds. The van der Waals surface area contributed by atoms with Gasteiger partial charge in [-0.1, -0.05) is 25.5 Å². The van der Waals surface area contributed by atoms with Gasteiger partial charge in [0.2, 0.25) is 0 Å². The highest BCUT2D eigenvalue weighted by atomic mass is 32.2. The number of nitrogens with one attached hydrogen (secondary N) is 1. The highest BCUT2D eigenvalue weighted by Gasteiger charge is 2.31. The number of ether oxygens (including phenoxy) is 1. The van der Waals surface area contributed by atoms with E-state index in [2.05, 4.69) is 9.46 Å². The summed E-state index contributed by atoms with van der Waals surface area (Å²) in [6, 6.07) is 5.49. The molecule has 0 radical (unpaired) electrons. The Balaban J connectivity index is 0.00000484. The average molecular weight is 371 g/mol. The molecular formula is C15H24F3NO2S2. The van der Waals surface area contributed by atoms with Crippen molar-refractivity contribution in [2.24, 2.45) is 0 Å². The molecule has 0 aromatic heterocycles. The van der Waals surface area contributed by atoms with Gasteiger partial charge in [0.15, 0.2) is 0 Å². The fraction of sp³-hybridized carbons (Fsp3) is 0.600. The van der Waals surface area contributed by atoms with Gasteiger partial charge in [0.1, 0.15) is 5.75 Å². The lowest BCUT2D eigenvalue weighted by Gasteiger charge is -2.24. The second-order valence-electron chi connectivity index (χ2n) is 5.96. The van der Waals surface area contributed by atoms with Gasteiger partial charge in [0.05, 0.1) is 15.7 Å². The summed E-state index contributed by atoms with van der Waals surface area (Å²) < 4.78 is 55.1. The third-order valence-electron chi connectivity index (χ3n) is 2.90. The topological polar surface area (TPSA) is 38.3 Å². The quantitative estimate of drug-likeness (QED) is 0.794. The van der Waals surface area contributed by atoms with Crippen LogP contribution in [-0.4, -0.2) is 15.3 Å². The van der Waals surface area contributed by atoms with E-state index >= 15 is 0 Å². The molecule has 0 bridgehead atoms. The molecule has 1 aromatic carbocycles. The van der Waals surface area contributed by atoms with Crippen molar-refractivity contribution in [3.8, 4) is 5.75 Å². The first-order valence-corrected chi connectivity index (χ1v) is 8.21. The predicted octanol–water partition coefficient (Wildman–Crippen LogP) is 4.59. The maximum absolute atomic E-state index is 12.2. The highest BCUT2D eigenvalue weighted by Crippen LogP contribution is 2.26. The van der Waals surface area contributed by atoms with E-state index in [4.69, 9.17) is 0 Å². The molecule has 0 spiro atoms. The number of halogens is 3. The van der Waals surface area contributed by atoms with Gasteiger partial charge < -0.3 is 4.74 Å². The summed E-state index contributed by atoms with van der Waals surface area (Å²) >= 11 is 0. The zero-order chi connectivity index (χ0) is 17.0. The Hall–Kier alpha value is -0.730. The minimum absolute atomic E-state index is 0. The van der Waals surface area contributed by atoms with Crippen LogP contribution in [0.1, 0.15) is 52.1 Å². The van der Waals surface area contributed by atoms with Gasteiger partial charge in [-0.25, -0.2) is 8.93 Å². The first-order valence-electron chi connectivity index (χ1n) is 7.06. The van der Waals surface area contributed by atoms with Crippen LogP contribution in [0.5, 0.6) is 5.75 Å². The maximum atomic E-state index is 12.2. The lowest BCUT2D eigenvalue weighted by Crippen LogP contribution is -2.35. The second-order valence-corrected chi connectivity index (χ2v) is 7.95. The molecule has 0 aliphatic carbocycles. The fourth-order valence-electron chi connectivity index (χ4n) is 1.79. The molecule has 134 valence electrons. The molecule has 1 unspecified atom stereocenters. The summed E-state index contributed by atoms with van der Waals surface area (Å²) in [6.45, 7) is 7.58. The van der Waals surface area contributed by atoms with E-state index in [9.17, 15) is 17.4 Å². The number of benzene rings is 1. The Morgan fingerprint density at radius 2 is 1.70 bits per heavy atom. The largest absolute Gasteiger partial charge is 0.573 e. The van der Waals surface area contributed by atoms with Crippen LogP contribution in [0.4, 0.5) is 13.2 Å². The van der Waals surface area contributed by atoms with Crippen molar-refractivity contribution in [1.82, 2.24) is 4.72 Å². The Kier molecular flexibility index (Phi) is 8.65. The third kappa shape index (κ3) is 8.08. The van der Waals surface area contributed by atoms with Crippen molar-refractivity contribution in [3.05, 3.63) is 29.8 Å². The monoisotopic (exact) mass is 371 g/mol. The van der Waals surface area contributed by atoms with Crippen LogP contribution in [-0.2, 0) is 11.0 Å². The van der Waals surface area contributed by atoms with Crippen molar-refractivity contribution in [3.63, 3.8) is 0 Å².